The Morgan fingerprint density at radius 1 is 1.33 bits per heavy atom. The first kappa shape index (κ1) is 15.9. The maximum absolute atomic E-state index is 13.0. The maximum Gasteiger partial charge on any atom is 0.234 e. The van der Waals surface area contributed by atoms with Gasteiger partial charge in [-0.2, -0.15) is 4.39 Å². The number of nitrogens with zero attached hydrogens (tertiary/aromatic N) is 1. The molecule has 112 valence electrons. The van der Waals surface area contributed by atoms with Gasteiger partial charge in [-0.3, -0.25) is 4.79 Å². The second kappa shape index (κ2) is 6.12. The topological polar surface area (TPSA) is 42.0 Å². The molecule has 0 saturated carbocycles. The van der Waals surface area contributed by atoms with Crippen LogP contribution < -0.4 is 5.32 Å². The van der Waals surface area contributed by atoms with Crippen molar-refractivity contribution in [3.63, 3.8) is 0 Å². The van der Waals surface area contributed by atoms with Crippen molar-refractivity contribution >= 4 is 34.0 Å². The molecule has 0 unspecified atom stereocenters. The number of hydrogen-bond donors (Lipinski definition) is 1. The molecule has 21 heavy (non-hydrogen) atoms. The molecule has 2 rings (SSSR count). The summed E-state index contributed by atoms with van der Waals surface area (Å²) in [7, 11) is 0. The molecule has 6 heteroatoms. The number of amides is 1. The van der Waals surface area contributed by atoms with Gasteiger partial charge in [-0.1, -0.05) is 55.8 Å². The smallest absolute Gasteiger partial charge is 0.234 e. The molecule has 0 spiro atoms. The van der Waals surface area contributed by atoms with Crippen LogP contribution in [0, 0.1) is 10.5 Å². The molecule has 3 nitrogen and oxygen atoms in total. The number of hydrogen-bond acceptors (Lipinski definition) is 3. The Balaban J connectivity index is 2.28. The van der Waals surface area contributed by atoms with Crippen LogP contribution in [0.4, 0.5) is 9.52 Å². The van der Waals surface area contributed by atoms with Crippen molar-refractivity contribution < 1.29 is 9.18 Å². The van der Waals surface area contributed by atoms with Gasteiger partial charge in [0, 0.05) is 5.02 Å². The first-order valence-corrected chi connectivity index (χ1v) is 7.64. The van der Waals surface area contributed by atoms with Gasteiger partial charge in [-0.15, -0.1) is 0 Å². The molecule has 0 fully saturated rings. The van der Waals surface area contributed by atoms with Gasteiger partial charge in [0.05, 0.1) is 12.1 Å². The number of benzene rings is 1. The molecule has 1 amide bonds. The Labute approximate surface area is 132 Å². The lowest BCUT2D eigenvalue weighted by molar-refractivity contribution is -0.119. The summed E-state index contributed by atoms with van der Waals surface area (Å²) in [4.78, 5) is 16.4. The van der Waals surface area contributed by atoms with Crippen molar-refractivity contribution in [2.24, 2.45) is 5.41 Å². The predicted molar refractivity (Wildman–Crippen MR) is 84.3 cm³/mol. The van der Waals surface area contributed by atoms with Gasteiger partial charge in [0.2, 0.25) is 5.91 Å². The van der Waals surface area contributed by atoms with E-state index in [0.29, 0.717) is 5.02 Å². The van der Waals surface area contributed by atoms with Crippen molar-refractivity contribution in [3.8, 4) is 0 Å². The Kier molecular flexibility index (Phi) is 4.64. The Morgan fingerprint density at radius 3 is 2.43 bits per heavy atom. The molecule has 0 aliphatic rings. The van der Waals surface area contributed by atoms with Crippen LogP contribution in [0.15, 0.2) is 30.5 Å². The van der Waals surface area contributed by atoms with Crippen LogP contribution in [-0.2, 0) is 4.79 Å². The molecule has 1 heterocycles. The molecule has 0 aliphatic heterocycles. The standard InChI is InChI=1S/C15H16ClFN2OS/c1-15(2,3)12(9-4-6-10(16)7-5-9)13(20)19-14-18-8-11(17)21-14/h4-8,12H,1-3H3,(H,18,19,20)/t12-/m0/s1. The summed E-state index contributed by atoms with van der Waals surface area (Å²) in [6.45, 7) is 5.94. The van der Waals surface area contributed by atoms with E-state index in [9.17, 15) is 9.18 Å². The normalized spacial score (nSPS) is 13.0. The zero-order chi connectivity index (χ0) is 15.6. The molecule has 2 aromatic rings. The second-order valence-electron chi connectivity index (χ2n) is 5.81. The third-order valence-corrected chi connectivity index (χ3v) is 3.99. The molecule has 0 bridgehead atoms. The van der Waals surface area contributed by atoms with Gasteiger partial charge in [0.25, 0.3) is 0 Å². The molecular weight excluding hydrogens is 311 g/mol. The van der Waals surface area contributed by atoms with Crippen LogP contribution in [0.3, 0.4) is 0 Å². The average molecular weight is 327 g/mol. The largest absolute Gasteiger partial charge is 0.301 e. The van der Waals surface area contributed by atoms with Gasteiger partial charge >= 0.3 is 0 Å². The summed E-state index contributed by atoms with van der Waals surface area (Å²) >= 11 is 6.70. The molecular formula is C15H16ClFN2OS. The van der Waals surface area contributed by atoms with Crippen molar-refractivity contribution in [1.82, 2.24) is 4.98 Å². The zero-order valence-corrected chi connectivity index (χ0v) is 13.6. The molecule has 0 aliphatic carbocycles. The molecule has 1 N–H and O–H groups in total. The van der Waals surface area contributed by atoms with Crippen LogP contribution >= 0.6 is 22.9 Å². The van der Waals surface area contributed by atoms with Crippen molar-refractivity contribution in [1.29, 1.82) is 0 Å². The number of thiazole rings is 1. The fourth-order valence-corrected chi connectivity index (χ4v) is 2.86. The van der Waals surface area contributed by atoms with E-state index in [1.807, 2.05) is 32.9 Å². The SMILES string of the molecule is CC(C)(C)[C@H](C(=O)Nc1ncc(F)s1)c1ccc(Cl)cc1. The van der Waals surface area contributed by atoms with Crippen molar-refractivity contribution in [2.45, 2.75) is 26.7 Å². The van der Waals surface area contributed by atoms with E-state index in [1.165, 1.54) is 0 Å². The minimum absolute atomic E-state index is 0.209. The van der Waals surface area contributed by atoms with Crippen molar-refractivity contribution in [3.05, 3.63) is 46.2 Å². The number of anilines is 1. The third-order valence-electron chi connectivity index (χ3n) is 3.04. The van der Waals surface area contributed by atoms with Crippen molar-refractivity contribution in [2.75, 3.05) is 5.32 Å². The third kappa shape index (κ3) is 4.02. The minimum Gasteiger partial charge on any atom is -0.301 e. The fraction of sp³-hybridized carbons (Fsp3) is 0.333. The Bertz CT molecular complexity index is 634. The van der Waals surface area contributed by atoms with E-state index in [1.54, 1.807) is 12.1 Å². The average Bonchev–Trinajstić information content (AvgIpc) is 2.76. The number of halogens is 2. The lowest BCUT2D eigenvalue weighted by atomic mass is 9.76. The minimum atomic E-state index is -0.427. The quantitative estimate of drug-likeness (QED) is 0.888. The number of carbonyl (C=O) groups excluding carboxylic acids is 1. The van der Waals surface area contributed by atoms with E-state index in [2.05, 4.69) is 10.3 Å². The van der Waals surface area contributed by atoms with E-state index in [0.717, 1.165) is 23.1 Å². The summed E-state index contributed by atoms with van der Waals surface area (Å²) in [6, 6.07) is 7.18. The number of carbonyl (C=O) groups is 1. The highest BCUT2D eigenvalue weighted by atomic mass is 35.5. The summed E-state index contributed by atoms with van der Waals surface area (Å²) in [5, 5.41) is 3.14. The van der Waals surface area contributed by atoms with Crippen LogP contribution in [0.2, 0.25) is 5.02 Å². The summed E-state index contributed by atoms with van der Waals surface area (Å²) in [5.41, 5.74) is 0.565. The van der Waals surface area contributed by atoms with Gasteiger partial charge in [0.1, 0.15) is 0 Å². The van der Waals surface area contributed by atoms with Crippen LogP contribution in [0.1, 0.15) is 32.3 Å². The second-order valence-corrected chi connectivity index (χ2v) is 7.23. The van der Waals surface area contributed by atoms with Crippen LogP contribution in [-0.4, -0.2) is 10.9 Å². The summed E-state index contributed by atoms with van der Waals surface area (Å²) < 4.78 is 13.0. The Hall–Kier alpha value is -1.46. The molecule has 1 aromatic heterocycles. The first-order chi connectivity index (χ1) is 9.77. The van der Waals surface area contributed by atoms with E-state index in [-0.39, 0.29) is 22.4 Å². The zero-order valence-electron chi connectivity index (χ0n) is 12.0. The molecule has 1 atom stereocenters. The molecule has 0 radical (unpaired) electrons. The van der Waals surface area contributed by atoms with E-state index in [4.69, 9.17) is 11.6 Å². The predicted octanol–water partition coefficient (Wildman–Crippen LogP) is 4.70. The highest BCUT2D eigenvalue weighted by molar-refractivity contribution is 7.14. The maximum atomic E-state index is 13.0. The fourth-order valence-electron chi connectivity index (χ4n) is 2.19. The number of aromatic nitrogens is 1. The van der Waals surface area contributed by atoms with Crippen LogP contribution in [0.25, 0.3) is 0 Å². The van der Waals surface area contributed by atoms with Crippen LogP contribution in [0.5, 0.6) is 0 Å². The number of rotatable bonds is 3. The van der Waals surface area contributed by atoms with E-state index < -0.39 is 5.13 Å². The highest BCUT2D eigenvalue weighted by Crippen LogP contribution is 2.36. The molecule has 0 saturated heterocycles. The monoisotopic (exact) mass is 326 g/mol. The highest BCUT2D eigenvalue weighted by Gasteiger charge is 2.33. The lowest BCUT2D eigenvalue weighted by Gasteiger charge is -2.29. The number of nitrogens with one attached hydrogen (secondary N) is 1. The van der Waals surface area contributed by atoms with Gasteiger partial charge in [-0.25, -0.2) is 4.98 Å². The Morgan fingerprint density at radius 2 is 1.95 bits per heavy atom. The lowest BCUT2D eigenvalue weighted by Crippen LogP contribution is -2.31. The van der Waals surface area contributed by atoms with Gasteiger partial charge in [-0.05, 0) is 23.1 Å². The summed E-state index contributed by atoms with van der Waals surface area (Å²) in [6.07, 6.45) is 1.09. The first-order valence-electron chi connectivity index (χ1n) is 6.45. The summed E-state index contributed by atoms with van der Waals surface area (Å²) in [5.74, 6) is -0.596. The van der Waals surface area contributed by atoms with Gasteiger partial charge < -0.3 is 5.32 Å². The van der Waals surface area contributed by atoms with Gasteiger partial charge in [0.15, 0.2) is 10.3 Å². The van der Waals surface area contributed by atoms with E-state index >= 15 is 0 Å². The molecule has 1 aromatic carbocycles.